The summed E-state index contributed by atoms with van der Waals surface area (Å²) in [5, 5.41) is 2.86. The lowest BCUT2D eigenvalue weighted by Crippen LogP contribution is -2.29. The lowest BCUT2D eigenvalue weighted by atomic mass is 10.1. The molecule has 0 spiro atoms. The van der Waals surface area contributed by atoms with Crippen LogP contribution in [0, 0.1) is 5.92 Å². The van der Waals surface area contributed by atoms with Crippen molar-refractivity contribution in [1.82, 2.24) is 15.3 Å². The van der Waals surface area contributed by atoms with Crippen LogP contribution in [0.4, 0.5) is 11.5 Å². The third-order valence-electron chi connectivity index (χ3n) is 4.00. The van der Waals surface area contributed by atoms with Gasteiger partial charge in [0.15, 0.2) is 5.82 Å². The van der Waals surface area contributed by atoms with Gasteiger partial charge in [0, 0.05) is 18.3 Å². The van der Waals surface area contributed by atoms with E-state index in [1.165, 1.54) is 11.3 Å². The van der Waals surface area contributed by atoms with E-state index in [9.17, 15) is 4.79 Å². The molecule has 1 aliphatic rings. The molecule has 2 aromatic rings. The van der Waals surface area contributed by atoms with Gasteiger partial charge in [-0.1, -0.05) is 32.0 Å². The van der Waals surface area contributed by atoms with Crippen LogP contribution < -0.4 is 10.2 Å². The minimum atomic E-state index is -0.173. The smallest absolute Gasteiger partial charge is 0.271 e. The van der Waals surface area contributed by atoms with Gasteiger partial charge in [-0.25, -0.2) is 9.97 Å². The van der Waals surface area contributed by atoms with Crippen LogP contribution in [0.5, 0.6) is 0 Å². The van der Waals surface area contributed by atoms with Gasteiger partial charge in [-0.2, -0.15) is 0 Å². The maximum absolute atomic E-state index is 12.0. The van der Waals surface area contributed by atoms with E-state index in [0.29, 0.717) is 24.2 Å². The highest BCUT2D eigenvalue weighted by molar-refractivity contribution is 5.92. The van der Waals surface area contributed by atoms with Crippen molar-refractivity contribution < 1.29 is 4.79 Å². The van der Waals surface area contributed by atoms with Crippen LogP contribution in [-0.2, 0) is 6.42 Å². The molecule has 0 bridgehead atoms. The van der Waals surface area contributed by atoms with E-state index in [0.717, 1.165) is 12.2 Å². The lowest BCUT2D eigenvalue weighted by Gasteiger charge is -2.23. The molecule has 1 unspecified atom stereocenters. The van der Waals surface area contributed by atoms with E-state index >= 15 is 0 Å². The molecule has 5 heteroatoms. The van der Waals surface area contributed by atoms with Crippen LogP contribution in [0.2, 0.25) is 0 Å². The summed E-state index contributed by atoms with van der Waals surface area (Å²) in [6, 6.07) is 8.67. The average Bonchev–Trinajstić information content (AvgIpc) is 2.88. The Labute approximate surface area is 136 Å². The van der Waals surface area contributed by atoms with Crippen molar-refractivity contribution in [2.24, 2.45) is 5.92 Å². The number of nitrogens with one attached hydrogen (secondary N) is 1. The zero-order valence-corrected chi connectivity index (χ0v) is 13.8. The Morgan fingerprint density at radius 1 is 1.30 bits per heavy atom. The fourth-order valence-corrected chi connectivity index (χ4v) is 2.86. The fraction of sp³-hybridized carbons (Fsp3) is 0.389. The topological polar surface area (TPSA) is 58.1 Å². The van der Waals surface area contributed by atoms with E-state index < -0.39 is 0 Å². The molecule has 0 fully saturated rings. The fourth-order valence-electron chi connectivity index (χ4n) is 2.86. The van der Waals surface area contributed by atoms with Gasteiger partial charge in [-0.3, -0.25) is 4.79 Å². The number of hydrogen-bond donors (Lipinski definition) is 1. The first-order valence-corrected chi connectivity index (χ1v) is 8.03. The quantitative estimate of drug-likeness (QED) is 0.943. The second-order valence-corrected chi connectivity index (χ2v) is 6.42. The number of anilines is 2. The largest absolute Gasteiger partial charge is 0.350 e. The molecule has 1 atom stereocenters. The first-order valence-electron chi connectivity index (χ1n) is 8.03. The van der Waals surface area contributed by atoms with Crippen molar-refractivity contribution in [2.45, 2.75) is 33.2 Å². The number of hydrogen-bond acceptors (Lipinski definition) is 4. The van der Waals surface area contributed by atoms with E-state index in [4.69, 9.17) is 0 Å². The van der Waals surface area contributed by atoms with Crippen LogP contribution >= 0.6 is 0 Å². The number of para-hydroxylation sites is 1. The van der Waals surface area contributed by atoms with Gasteiger partial charge in [-0.15, -0.1) is 0 Å². The molecule has 0 radical (unpaired) electrons. The number of amides is 1. The maximum atomic E-state index is 12.0. The van der Waals surface area contributed by atoms with Crippen LogP contribution in [0.15, 0.2) is 36.7 Å². The van der Waals surface area contributed by atoms with E-state index in [1.54, 1.807) is 12.4 Å². The van der Waals surface area contributed by atoms with Gasteiger partial charge in [0.2, 0.25) is 0 Å². The Hall–Kier alpha value is -2.43. The molecule has 23 heavy (non-hydrogen) atoms. The number of carbonyl (C=O) groups excluding carboxylic acids is 1. The summed E-state index contributed by atoms with van der Waals surface area (Å²) in [4.78, 5) is 22.9. The van der Waals surface area contributed by atoms with E-state index in [1.807, 2.05) is 6.07 Å². The number of carbonyl (C=O) groups is 1. The molecule has 1 aliphatic heterocycles. The number of nitrogens with zero attached hydrogens (tertiary/aromatic N) is 3. The number of fused-ring (bicyclic) bond motifs is 1. The zero-order valence-electron chi connectivity index (χ0n) is 13.8. The van der Waals surface area contributed by atoms with Crippen LogP contribution in [0.1, 0.15) is 36.8 Å². The normalized spacial score (nSPS) is 16.5. The molecule has 2 heterocycles. The maximum Gasteiger partial charge on any atom is 0.271 e. The van der Waals surface area contributed by atoms with Gasteiger partial charge in [0.05, 0.1) is 12.4 Å². The second-order valence-electron chi connectivity index (χ2n) is 6.42. The summed E-state index contributed by atoms with van der Waals surface area (Å²) < 4.78 is 0. The molecular formula is C18H22N4O. The van der Waals surface area contributed by atoms with Gasteiger partial charge < -0.3 is 10.2 Å². The van der Waals surface area contributed by atoms with Crippen molar-refractivity contribution >= 4 is 17.4 Å². The molecule has 5 nitrogen and oxygen atoms in total. The Morgan fingerprint density at radius 3 is 2.78 bits per heavy atom. The lowest BCUT2D eigenvalue weighted by molar-refractivity contribution is 0.0943. The minimum Gasteiger partial charge on any atom is -0.350 e. The highest BCUT2D eigenvalue weighted by Crippen LogP contribution is 2.36. The first-order chi connectivity index (χ1) is 11.1. The summed E-state index contributed by atoms with van der Waals surface area (Å²) in [6.07, 6.45) is 4.23. The summed E-state index contributed by atoms with van der Waals surface area (Å²) >= 11 is 0. The number of aromatic nitrogens is 2. The first kappa shape index (κ1) is 15.5. The van der Waals surface area contributed by atoms with Gasteiger partial charge in [-0.05, 0) is 30.9 Å². The number of rotatable bonds is 4. The Morgan fingerprint density at radius 2 is 2.09 bits per heavy atom. The van der Waals surface area contributed by atoms with Crippen LogP contribution in [0.25, 0.3) is 0 Å². The highest BCUT2D eigenvalue weighted by atomic mass is 16.1. The van der Waals surface area contributed by atoms with Crippen molar-refractivity contribution in [3.63, 3.8) is 0 Å². The SMILES string of the molecule is CC(C)CNC(=O)c1cnc(N2c3ccccc3CC2C)cn1. The molecule has 1 amide bonds. The van der Waals surface area contributed by atoms with Crippen molar-refractivity contribution in [3.8, 4) is 0 Å². The molecule has 1 N–H and O–H groups in total. The van der Waals surface area contributed by atoms with E-state index in [-0.39, 0.29) is 5.91 Å². The van der Waals surface area contributed by atoms with Crippen LogP contribution in [0.3, 0.4) is 0 Å². The Kier molecular flexibility index (Phi) is 4.28. The van der Waals surface area contributed by atoms with E-state index in [2.05, 4.69) is 59.2 Å². The molecule has 1 aromatic heterocycles. The average molecular weight is 310 g/mol. The zero-order chi connectivity index (χ0) is 16.4. The van der Waals surface area contributed by atoms with Crippen molar-refractivity contribution in [1.29, 1.82) is 0 Å². The van der Waals surface area contributed by atoms with Gasteiger partial charge >= 0.3 is 0 Å². The molecule has 3 rings (SSSR count). The van der Waals surface area contributed by atoms with Crippen LogP contribution in [-0.4, -0.2) is 28.5 Å². The minimum absolute atomic E-state index is 0.173. The molecule has 1 aromatic carbocycles. The third kappa shape index (κ3) is 3.18. The molecule has 0 saturated heterocycles. The van der Waals surface area contributed by atoms with Gasteiger partial charge in [0.1, 0.15) is 5.69 Å². The molecule has 0 aliphatic carbocycles. The monoisotopic (exact) mass is 310 g/mol. The summed E-state index contributed by atoms with van der Waals surface area (Å²) in [5.74, 6) is 1.02. The van der Waals surface area contributed by atoms with Crippen molar-refractivity contribution in [3.05, 3.63) is 47.9 Å². The highest BCUT2D eigenvalue weighted by Gasteiger charge is 2.27. The molecule has 120 valence electrons. The third-order valence-corrected chi connectivity index (χ3v) is 4.00. The standard InChI is InChI=1S/C18H22N4O/c1-12(2)9-21-18(23)15-10-20-17(11-19-15)22-13(3)8-14-6-4-5-7-16(14)22/h4-7,10-13H,8-9H2,1-3H3,(H,21,23). The number of benzene rings is 1. The molecular weight excluding hydrogens is 288 g/mol. The Bertz CT molecular complexity index is 696. The predicted molar refractivity (Wildman–Crippen MR) is 91.0 cm³/mol. The summed E-state index contributed by atoms with van der Waals surface area (Å²) in [5.41, 5.74) is 2.85. The summed E-state index contributed by atoms with van der Waals surface area (Å²) in [6.45, 7) is 6.92. The van der Waals surface area contributed by atoms with Crippen molar-refractivity contribution in [2.75, 3.05) is 11.4 Å². The molecule has 0 saturated carbocycles. The van der Waals surface area contributed by atoms with Gasteiger partial charge in [0.25, 0.3) is 5.91 Å². The summed E-state index contributed by atoms with van der Waals surface area (Å²) in [7, 11) is 0. The Balaban J connectivity index is 1.79. The second kappa shape index (κ2) is 6.36. The predicted octanol–water partition coefficient (Wildman–Crippen LogP) is 2.95.